The van der Waals surface area contributed by atoms with Crippen LogP contribution in [0.4, 0.5) is 9.59 Å². The molecule has 0 aliphatic carbocycles. The van der Waals surface area contributed by atoms with E-state index in [9.17, 15) is 9.59 Å². The summed E-state index contributed by atoms with van der Waals surface area (Å²) < 4.78 is -2.18. The molecule has 0 aliphatic rings. The van der Waals surface area contributed by atoms with Gasteiger partial charge < -0.3 is 0 Å². The average molecular weight is 227 g/mol. The van der Waals surface area contributed by atoms with Gasteiger partial charge in [0.1, 0.15) is 0 Å². The first-order valence-electron chi connectivity index (χ1n) is 1.56. The van der Waals surface area contributed by atoms with Gasteiger partial charge in [-0.15, -0.1) is 0 Å². The third-order valence-electron chi connectivity index (χ3n) is 0.302. The zero-order chi connectivity index (χ0) is 5.86. The topological polar surface area (TPSA) is 74.6 Å². The summed E-state index contributed by atoms with van der Waals surface area (Å²) in [5.74, 6) is 0. The minimum atomic E-state index is -2.53. The Morgan fingerprint density at radius 2 is 1.43 bits per heavy atom. The van der Waals surface area contributed by atoms with Gasteiger partial charge in [-0.3, -0.25) is 0 Å². The second kappa shape index (κ2) is 3.51. The van der Waals surface area contributed by atoms with Crippen LogP contribution in [0.1, 0.15) is 0 Å². The molecule has 0 rings (SSSR count). The summed E-state index contributed by atoms with van der Waals surface area (Å²) in [6.07, 6.45) is 0. The molecule has 0 unspecified atom stereocenters. The Kier molecular flexibility index (Phi) is 3.76. The van der Waals surface area contributed by atoms with Gasteiger partial charge in [-0.05, 0) is 0 Å². The standard InChI is InChI=1S/2CHO2.Ba/c2*2-1-3;/h2*(H,2,3);. The number of carbonyl (C=O) groups is 2. The third kappa shape index (κ3) is 6.51. The quantitative estimate of drug-likeness (QED) is 0.654. The van der Waals surface area contributed by atoms with E-state index in [0.717, 1.165) is 0 Å². The fourth-order valence-corrected chi connectivity index (χ4v) is 0.942. The van der Waals surface area contributed by atoms with Crippen LogP contribution in [0.25, 0.3) is 0 Å². The van der Waals surface area contributed by atoms with Crippen LogP contribution in [0.2, 0.25) is 0 Å². The van der Waals surface area contributed by atoms with Gasteiger partial charge in [0, 0.05) is 0 Å². The summed E-state index contributed by atoms with van der Waals surface area (Å²) in [5, 5.41) is 15.6. The molecule has 4 nitrogen and oxygen atoms in total. The van der Waals surface area contributed by atoms with Gasteiger partial charge in [-0.1, -0.05) is 0 Å². The molecule has 0 radical (unpaired) electrons. The van der Waals surface area contributed by atoms with Crippen LogP contribution in [0, 0.1) is 0 Å². The SMILES string of the molecule is O=[C](O)[Ba][C](=O)O. The van der Waals surface area contributed by atoms with Crippen LogP contribution in [-0.4, -0.2) is 55.3 Å². The van der Waals surface area contributed by atoms with Crippen LogP contribution in [0.5, 0.6) is 0 Å². The normalized spacial score (nSPS) is 6.86. The molecule has 0 aliphatic heterocycles. The van der Waals surface area contributed by atoms with E-state index in [1.807, 2.05) is 0 Å². The van der Waals surface area contributed by atoms with Crippen LogP contribution in [-0.2, 0) is 0 Å². The Bertz CT molecular complexity index is 85.9. The second-order valence-corrected chi connectivity index (χ2v) is 5.87. The summed E-state index contributed by atoms with van der Waals surface area (Å²) in [6, 6.07) is 0. The van der Waals surface area contributed by atoms with E-state index in [2.05, 4.69) is 0 Å². The maximum absolute atomic E-state index is 9.53. The molecule has 0 saturated heterocycles. The predicted molar refractivity (Wildman–Crippen MR) is 21.8 cm³/mol. The number of hydrogen-bond donors (Lipinski definition) is 2. The molecule has 0 saturated carbocycles. The predicted octanol–water partition coefficient (Wildman–Crippen LogP) is 0.0466. The van der Waals surface area contributed by atoms with Crippen LogP contribution >= 0.6 is 0 Å². The van der Waals surface area contributed by atoms with Crippen molar-refractivity contribution in [1.29, 1.82) is 0 Å². The monoisotopic (exact) mass is 228 g/mol. The van der Waals surface area contributed by atoms with Crippen molar-refractivity contribution >= 4 is 45.1 Å². The Labute approximate surface area is 63.8 Å². The summed E-state index contributed by atoms with van der Waals surface area (Å²) in [5.41, 5.74) is 0. The molecule has 5 heteroatoms. The molecule has 2 N–H and O–H groups in total. The molecule has 0 heterocycles. The zero-order valence-corrected chi connectivity index (χ0v) is 7.86. The van der Waals surface area contributed by atoms with Crippen molar-refractivity contribution in [2.75, 3.05) is 0 Å². The second-order valence-electron chi connectivity index (χ2n) is 0.964. The molecular weight excluding hydrogens is 225 g/mol. The molecule has 7 heavy (non-hydrogen) atoms. The van der Waals surface area contributed by atoms with E-state index in [0.29, 0.717) is 0 Å². The van der Waals surface area contributed by atoms with Crippen molar-refractivity contribution < 1.29 is 19.8 Å². The molecule has 0 fully saturated rings. The van der Waals surface area contributed by atoms with Crippen molar-refractivity contribution in [3.63, 3.8) is 0 Å². The number of hydrogen-bond acceptors (Lipinski definition) is 2. The zero-order valence-electron chi connectivity index (χ0n) is 3.42. The van der Waals surface area contributed by atoms with Gasteiger partial charge in [-0.25, -0.2) is 0 Å². The summed E-state index contributed by atoms with van der Waals surface area (Å²) in [7, 11) is 0. The first kappa shape index (κ1) is 7.51. The summed E-state index contributed by atoms with van der Waals surface area (Å²) >= 11 is -2.53. The van der Waals surface area contributed by atoms with Gasteiger partial charge in [0.15, 0.2) is 0 Å². The third-order valence-corrected chi connectivity index (χ3v) is 2.20. The Hall–Kier alpha value is 0.511. The molecule has 0 amide bonds. The van der Waals surface area contributed by atoms with E-state index in [-0.39, 0.29) is 0 Å². The molecular formula is C2H2BaO4. The van der Waals surface area contributed by atoms with Crippen molar-refractivity contribution in [2.45, 2.75) is 0 Å². The first-order valence-corrected chi connectivity index (χ1v) is 6.00. The van der Waals surface area contributed by atoms with Gasteiger partial charge >= 0.3 is 64.9 Å². The average Bonchev–Trinajstić information content (AvgIpc) is 1.27. The van der Waals surface area contributed by atoms with Gasteiger partial charge in [0.05, 0.1) is 0 Å². The Morgan fingerprint density at radius 1 is 1.14 bits per heavy atom. The van der Waals surface area contributed by atoms with Crippen molar-refractivity contribution in [3.8, 4) is 0 Å². The summed E-state index contributed by atoms with van der Waals surface area (Å²) in [6.45, 7) is 0. The molecule has 0 aromatic heterocycles. The van der Waals surface area contributed by atoms with E-state index < -0.39 is 45.1 Å². The van der Waals surface area contributed by atoms with Gasteiger partial charge in [0.2, 0.25) is 0 Å². The van der Waals surface area contributed by atoms with Crippen molar-refractivity contribution in [3.05, 3.63) is 0 Å². The fraction of sp³-hybridized carbons (Fsp3) is 0. The first-order chi connectivity index (χ1) is 3.13. The van der Waals surface area contributed by atoms with E-state index in [1.54, 1.807) is 0 Å². The van der Waals surface area contributed by atoms with E-state index in [4.69, 9.17) is 10.2 Å². The summed E-state index contributed by atoms with van der Waals surface area (Å²) in [4.78, 5) is 19.1. The molecule has 0 aromatic rings. The van der Waals surface area contributed by atoms with Crippen LogP contribution < -0.4 is 0 Å². The Balaban J connectivity index is 3.32. The molecule has 36 valence electrons. The minimum absolute atomic E-state index is 1.09. The maximum atomic E-state index is 9.53. The molecule has 0 aromatic carbocycles. The van der Waals surface area contributed by atoms with Crippen molar-refractivity contribution in [1.82, 2.24) is 0 Å². The van der Waals surface area contributed by atoms with Gasteiger partial charge in [0.25, 0.3) is 0 Å². The van der Waals surface area contributed by atoms with Crippen molar-refractivity contribution in [2.24, 2.45) is 0 Å². The molecule has 0 spiro atoms. The van der Waals surface area contributed by atoms with Gasteiger partial charge in [-0.2, -0.15) is 0 Å². The number of rotatable bonds is 2. The Morgan fingerprint density at radius 3 is 1.43 bits per heavy atom. The number of carboxylic acid groups (broad SMARTS) is 2. The van der Waals surface area contributed by atoms with E-state index >= 15 is 0 Å². The molecule has 0 bridgehead atoms. The van der Waals surface area contributed by atoms with E-state index in [1.165, 1.54) is 0 Å². The molecule has 0 atom stereocenters. The van der Waals surface area contributed by atoms with Crippen LogP contribution in [0.15, 0.2) is 0 Å². The van der Waals surface area contributed by atoms with Crippen LogP contribution in [0.3, 0.4) is 0 Å². The fourth-order valence-electron chi connectivity index (χ4n) is 0.129.